The van der Waals surface area contributed by atoms with Crippen molar-refractivity contribution < 1.29 is 9.18 Å². The number of anilines is 1. The van der Waals surface area contributed by atoms with Gasteiger partial charge in [0.05, 0.1) is 0 Å². The van der Waals surface area contributed by atoms with Crippen LogP contribution < -0.4 is 11.1 Å². The summed E-state index contributed by atoms with van der Waals surface area (Å²) in [6, 6.07) is 9.17. The number of rotatable bonds is 4. The second kappa shape index (κ2) is 5.85. The van der Waals surface area contributed by atoms with Gasteiger partial charge in [0.15, 0.2) is 0 Å². The third-order valence-corrected chi connectivity index (χ3v) is 4.67. The normalized spacial score (nSPS) is 13.0. The summed E-state index contributed by atoms with van der Waals surface area (Å²) in [5.41, 5.74) is 6.18. The van der Waals surface area contributed by atoms with Crippen LogP contribution in [0.4, 0.5) is 10.1 Å². The Bertz CT molecular complexity index is 628. The van der Waals surface area contributed by atoms with E-state index in [0.717, 1.165) is 4.88 Å². The van der Waals surface area contributed by atoms with Crippen molar-refractivity contribution >= 4 is 22.9 Å². The molecule has 0 aliphatic rings. The molecule has 0 fully saturated rings. The minimum Gasteiger partial charge on any atom is -0.369 e. The number of carbonyl (C=O) groups excluding carboxylic acids is 1. The van der Waals surface area contributed by atoms with E-state index in [9.17, 15) is 9.18 Å². The molecule has 0 aliphatic carbocycles. The highest BCUT2D eigenvalue weighted by atomic mass is 32.1. The molecule has 0 bridgehead atoms. The van der Waals surface area contributed by atoms with Crippen molar-refractivity contribution in [2.24, 2.45) is 5.73 Å². The van der Waals surface area contributed by atoms with Gasteiger partial charge in [-0.1, -0.05) is 20.8 Å². The smallest absolute Gasteiger partial charge is 0.245 e. The molecule has 1 aromatic heterocycles. The van der Waals surface area contributed by atoms with Crippen molar-refractivity contribution in [3.05, 3.63) is 52.0 Å². The molecule has 5 heteroatoms. The van der Waals surface area contributed by atoms with Gasteiger partial charge in [-0.05, 0) is 41.8 Å². The molecule has 1 unspecified atom stereocenters. The number of hydrogen-bond donors (Lipinski definition) is 2. The first-order valence-corrected chi connectivity index (χ1v) is 7.50. The fraction of sp³-hybridized carbons (Fsp3) is 0.312. The van der Waals surface area contributed by atoms with Crippen LogP contribution in [-0.4, -0.2) is 5.91 Å². The Morgan fingerprint density at radius 2 is 1.81 bits per heavy atom. The number of primary amides is 1. The number of thiophene rings is 1. The minimum atomic E-state index is -0.614. The van der Waals surface area contributed by atoms with Crippen molar-refractivity contribution in [1.29, 1.82) is 0 Å². The molecule has 21 heavy (non-hydrogen) atoms. The van der Waals surface area contributed by atoms with E-state index in [1.807, 2.05) is 12.1 Å². The fourth-order valence-electron chi connectivity index (χ4n) is 1.91. The van der Waals surface area contributed by atoms with E-state index in [1.54, 1.807) is 23.5 Å². The number of halogens is 1. The summed E-state index contributed by atoms with van der Waals surface area (Å²) in [6.45, 7) is 6.36. The summed E-state index contributed by atoms with van der Waals surface area (Å²) in [5.74, 6) is -0.774. The van der Waals surface area contributed by atoms with Gasteiger partial charge in [-0.2, -0.15) is 0 Å². The molecule has 0 aliphatic heterocycles. The molecule has 2 aromatic rings. The highest BCUT2D eigenvalue weighted by Gasteiger charge is 2.23. The molecule has 1 heterocycles. The lowest BCUT2D eigenvalue weighted by atomic mass is 9.95. The van der Waals surface area contributed by atoms with Crippen LogP contribution in [0.1, 0.15) is 36.6 Å². The summed E-state index contributed by atoms with van der Waals surface area (Å²) >= 11 is 1.56. The summed E-state index contributed by atoms with van der Waals surface area (Å²) < 4.78 is 12.9. The van der Waals surface area contributed by atoms with Crippen molar-refractivity contribution in [2.75, 3.05) is 5.32 Å². The molecule has 0 spiro atoms. The van der Waals surface area contributed by atoms with Crippen molar-refractivity contribution in [2.45, 2.75) is 32.2 Å². The summed E-state index contributed by atoms with van der Waals surface area (Å²) in [7, 11) is 0. The monoisotopic (exact) mass is 306 g/mol. The zero-order valence-electron chi connectivity index (χ0n) is 12.3. The maximum Gasteiger partial charge on any atom is 0.245 e. The zero-order chi connectivity index (χ0) is 15.6. The van der Waals surface area contributed by atoms with Gasteiger partial charge in [-0.3, -0.25) is 4.79 Å². The third-order valence-electron chi connectivity index (χ3n) is 3.09. The van der Waals surface area contributed by atoms with E-state index in [4.69, 9.17) is 5.73 Å². The standard InChI is InChI=1S/C16H19FN2OS/c1-16(2,3)13-9-8-12(21-13)14(15(18)20)19-11-6-4-10(17)5-7-11/h4-9,14,19H,1-3H3,(H2,18,20). The number of carbonyl (C=O) groups is 1. The molecule has 0 saturated carbocycles. The summed E-state index contributed by atoms with van der Waals surface area (Å²) in [5, 5.41) is 3.06. The van der Waals surface area contributed by atoms with Gasteiger partial charge in [0.25, 0.3) is 0 Å². The van der Waals surface area contributed by atoms with Crippen molar-refractivity contribution in [3.63, 3.8) is 0 Å². The van der Waals surface area contributed by atoms with Crippen molar-refractivity contribution in [1.82, 2.24) is 0 Å². The molecule has 0 radical (unpaired) electrons. The van der Waals surface area contributed by atoms with Crippen molar-refractivity contribution in [3.8, 4) is 0 Å². The Kier molecular flexibility index (Phi) is 4.32. The maximum atomic E-state index is 12.9. The number of amides is 1. The Labute approximate surface area is 128 Å². The molecule has 3 N–H and O–H groups in total. The lowest BCUT2D eigenvalue weighted by Crippen LogP contribution is -2.27. The van der Waals surface area contributed by atoms with Crippen LogP contribution >= 0.6 is 11.3 Å². The molecule has 1 aromatic carbocycles. The first kappa shape index (κ1) is 15.5. The number of benzene rings is 1. The van der Waals surface area contributed by atoms with E-state index in [-0.39, 0.29) is 11.2 Å². The van der Waals surface area contributed by atoms with E-state index >= 15 is 0 Å². The number of hydrogen-bond acceptors (Lipinski definition) is 3. The van der Waals surface area contributed by atoms with Gasteiger partial charge in [-0.15, -0.1) is 11.3 Å². The van der Waals surface area contributed by atoms with Crippen LogP contribution in [0.15, 0.2) is 36.4 Å². The van der Waals surface area contributed by atoms with Crippen LogP contribution in [0, 0.1) is 5.82 Å². The van der Waals surface area contributed by atoms with Gasteiger partial charge in [-0.25, -0.2) is 4.39 Å². The molecular formula is C16H19FN2OS. The molecular weight excluding hydrogens is 287 g/mol. The Balaban J connectivity index is 2.25. The van der Waals surface area contributed by atoms with Crippen LogP contribution in [0.2, 0.25) is 0 Å². The average Bonchev–Trinajstić information content (AvgIpc) is 2.87. The second-order valence-electron chi connectivity index (χ2n) is 5.94. The van der Waals surface area contributed by atoms with Gasteiger partial charge in [0.2, 0.25) is 5.91 Å². The molecule has 1 amide bonds. The highest BCUT2D eigenvalue weighted by molar-refractivity contribution is 7.12. The Morgan fingerprint density at radius 3 is 2.29 bits per heavy atom. The SMILES string of the molecule is CC(C)(C)c1ccc(C(Nc2ccc(F)cc2)C(N)=O)s1. The van der Waals surface area contributed by atoms with E-state index in [1.165, 1.54) is 17.0 Å². The Morgan fingerprint density at radius 1 is 1.19 bits per heavy atom. The topological polar surface area (TPSA) is 55.1 Å². The minimum absolute atomic E-state index is 0.0288. The molecule has 2 rings (SSSR count). The zero-order valence-corrected chi connectivity index (χ0v) is 13.1. The van der Waals surface area contributed by atoms with Gasteiger partial charge < -0.3 is 11.1 Å². The summed E-state index contributed by atoms with van der Waals surface area (Å²) in [4.78, 5) is 13.8. The van der Waals surface area contributed by atoms with Crippen LogP contribution in [0.25, 0.3) is 0 Å². The van der Waals surface area contributed by atoms with Crippen LogP contribution in [0.3, 0.4) is 0 Å². The predicted molar refractivity (Wildman–Crippen MR) is 85.0 cm³/mol. The number of nitrogens with one attached hydrogen (secondary N) is 1. The highest BCUT2D eigenvalue weighted by Crippen LogP contribution is 2.33. The second-order valence-corrected chi connectivity index (χ2v) is 7.05. The molecule has 0 saturated heterocycles. The maximum absolute atomic E-state index is 12.9. The predicted octanol–water partition coefficient (Wildman–Crippen LogP) is 3.82. The Hall–Kier alpha value is -1.88. The summed E-state index contributed by atoms with van der Waals surface area (Å²) in [6.07, 6.45) is 0. The fourth-order valence-corrected chi connectivity index (χ4v) is 3.03. The van der Waals surface area contributed by atoms with Crippen LogP contribution in [-0.2, 0) is 10.2 Å². The van der Waals surface area contributed by atoms with Gasteiger partial charge >= 0.3 is 0 Å². The number of nitrogens with two attached hydrogens (primary N) is 1. The third kappa shape index (κ3) is 3.82. The average molecular weight is 306 g/mol. The first-order valence-electron chi connectivity index (χ1n) is 6.69. The lowest BCUT2D eigenvalue weighted by molar-refractivity contribution is -0.118. The molecule has 3 nitrogen and oxygen atoms in total. The molecule has 112 valence electrons. The van der Waals surface area contributed by atoms with E-state index in [0.29, 0.717) is 5.69 Å². The molecule has 1 atom stereocenters. The van der Waals surface area contributed by atoms with E-state index < -0.39 is 11.9 Å². The largest absolute Gasteiger partial charge is 0.369 e. The first-order chi connectivity index (χ1) is 9.77. The van der Waals surface area contributed by atoms with E-state index in [2.05, 4.69) is 26.1 Å². The van der Waals surface area contributed by atoms with Gasteiger partial charge in [0, 0.05) is 15.4 Å². The van der Waals surface area contributed by atoms with Gasteiger partial charge in [0.1, 0.15) is 11.9 Å². The quantitative estimate of drug-likeness (QED) is 0.902. The van der Waals surface area contributed by atoms with Crippen LogP contribution in [0.5, 0.6) is 0 Å². The lowest BCUT2D eigenvalue weighted by Gasteiger charge is -2.17.